The standard InChI is InChI=1S/C24H23ClFN7O/c25-20-2-1-15(9-21(20)26)24(34)31-7-4-17(5-8-31)32-12-18(13-32)33-11-16(10-30-33)22-19-3-6-27-23(19)29-14-28-22/h1-3,6,9-11,14,17-18H,4-5,7-8,12-13H2,(H,27,28,29). The van der Waals surface area contributed by atoms with E-state index in [1.807, 2.05) is 23.1 Å². The Morgan fingerprint density at radius 1 is 1.12 bits per heavy atom. The quantitative estimate of drug-likeness (QED) is 0.481. The molecule has 0 bridgehead atoms. The van der Waals surface area contributed by atoms with Crippen molar-refractivity contribution in [3.8, 4) is 11.3 Å². The first kappa shape index (κ1) is 21.2. The summed E-state index contributed by atoms with van der Waals surface area (Å²) in [5, 5.41) is 5.61. The van der Waals surface area contributed by atoms with Gasteiger partial charge in [0.05, 0.1) is 23.0 Å². The highest BCUT2D eigenvalue weighted by Gasteiger charge is 2.36. The Kier molecular flexibility index (Phi) is 5.30. The third-order valence-electron chi connectivity index (χ3n) is 6.93. The third-order valence-corrected chi connectivity index (χ3v) is 7.23. The zero-order valence-corrected chi connectivity index (χ0v) is 19.1. The molecule has 2 aliphatic heterocycles. The molecule has 4 aromatic rings. The van der Waals surface area contributed by atoms with Crippen LogP contribution in [0.2, 0.25) is 5.02 Å². The van der Waals surface area contributed by atoms with Gasteiger partial charge in [0.25, 0.3) is 5.91 Å². The maximum absolute atomic E-state index is 13.7. The fourth-order valence-electron chi connectivity index (χ4n) is 4.96. The molecule has 2 aliphatic rings. The Balaban J connectivity index is 1.05. The number of aromatic amines is 1. The van der Waals surface area contributed by atoms with E-state index in [1.165, 1.54) is 12.1 Å². The van der Waals surface area contributed by atoms with E-state index >= 15 is 0 Å². The minimum absolute atomic E-state index is 0.0293. The molecule has 2 saturated heterocycles. The molecule has 8 nitrogen and oxygen atoms in total. The van der Waals surface area contributed by atoms with E-state index in [2.05, 4.69) is 31.1 Å². The van der Waals surface area contributed by atoms with Gasteiger partial charge in [-0.3, -0.25) is 14.4 Å². The number of benzene rings is 1. The van der Waals surface area contributed by atoms with Gasteiger partial charge < -0.3 is 9.88 Å². The van der Waals surface area contributed by atoms with Crippen LogP contribution in [-0.2, 0) is 0 Å². The Morgan fingerprint density at radius 2 is 1.94 bits per heavy atom. The summed E-state index contributed by atoms with van der Waals surface area (Å²) in [5.41, 5.74) is 3.03. The fourth-order valence-corrected chi connectivity index (χ4v) is 5.08. The molecule has 0 spiro atoms. The highest BCUT2D eigenvalue weighted by molar-refractivity contribution is 6.30. The molecular weight excluding hydrogens is 457 g/mol. The minimum atomic E-state index is -0.562. The van der Waals surface area contributed by atoms with Gasteiger partial charge >= 0.3 is 0 Å². The number of carbonyl (C=O) groups excluding carboxylic acids is 1. The number of hydrogen-bond acceptors (Lipinski definition) is 5. The summed E-state index contributed by atoms with van der Waals surface area (Å²) in [6, 6.07) is 6.99. The maximum atomic E-state index is 13.7. The smallest absolute Gasteiger partial charge is 0.253 e. The molecule has 0 aliphatic carbocycles. The number of carbonyl (C=O) groups is 1. The van der Waals surface area contributed by atoms with E-state index in [0.717, 1.165) is 48.2 Å². The van der Waals surface area contributed by atoms with Gasteiger partial charge in [0.15, 0.2) is 0 Å². The van der Waals surface area contributed by atoms with Crippen molar-refractivity contribution in [1.29, 1.82) is 0 Å². The van der Waals surface area contributed by atoms with Crippen LogP contribution in [-0.4, -0.2) is 72.7 Å². The van der Waals surface area contributed by atoms with Crippen LogP contribution >= 0.6 is 11.6 Å². The zero-order valence-electron chi connectivity index (χ0n) is 18.4. The molecule has 0 saturated carbocycles. The molecule has 1 N–H and O–H groups in total. The average molecular weight is 480 g/mol. The van der Waals surface area contributed by atoms with Gasteiger partial charge in [-0.1, -0.05) is 11.6 Å². The number of aromatic nitrogens is 5. The van der Waals surface area contributed by atoms with Crippen LogP contribution in [0.15, 0.2) is 49.2 Å². The number of nitrogens with one attached hydrogen (secondary N) is 1. The predicted octanol–water partition coefficient (Wildman–Crippen LogP) is 3.78. The SMILES string of the molecule is O=C(c1ccc(Cl)c(F)c1)N1CCC(N2CC(n3cc(-c4ncnc5[nH]ccc45)cn3)C2)CC1. The second-order valence-corrected chi connectivity index (χ2v) is 9.34. The Morgan fingerprint density at radius 3 is 2.74 bits per heavy atom. The first-order valence-electron chi connectivity index (χ1n) is 11.4. The lowest BCUT2D eigenvalue weighted by atomic mass is 9.97. The largest absolute Gasteiger partial charge is 0.346 e. The number of likely N-dealkylation sites (tertiary alicyclic amines) is 2. The van der Waals surface area contributed by atoms with Crippen LogP contribution in [0.5, 0.6) is 0 Å². The highest BCUT2D eigenvalue weighted by atomic mass is 35.5. The number of rotatable bonds is 4. The number of amides is 1. The van der Waals surface area contributed by atoms with Crippen LogP contribution in [0.4, 0.5) is 4.39 Å². The molecule has 5 heterocycles. The van der Waals surface area contributed by atoms with E-state index in [9.17, 15) is 9.18 Å². The van der Waals surface area contributed by atoms with Crippen molar-refractivity contribution in [2.45, 2.75) is 24.9 Å². The third kappa shape index (κ3) is 3.74. The maximum Gasteiger partial charge on any atom is 0.253 e. The highest BCUT2D eigenvalue weighted by Crippen LogP contribution is 2.31. The van der Waals surface area contributed by atoms with Crippen LogP contribution < -0.4 is 0 Å². The lowest BCUT2D eigenvalue weighted by molar-refractivity contribution is 0.0198. The number of H-pyrrole nitrogens is 1. The van der Waals surface area contributed by atoms with Crippen molar-refractivity contribution in [3.63, 3.8) is 0 Å². The van der Waals surface area contributed by atoms with Crippen molar-refractivity contribution in [1.82, 2.24) is 34.5 Å². The first-order chi connectivity index (χ1) is 16.6. The van der Waals surface area contributed by atoms with Crippen molar-refractivity contribution in [2.75, 3.05) is 26.2 Å². The summed E-state index contributed by atoms with van der Waals surface area (Å²) in [5.74, 6) is -0.700. The Hall–Kier alpha value is -3.30. The first-order valence-corrected chi connectivity index (χ1v) is 11.8. The molecule has 0 unspecified atom stereocenters. The molecule has 3 aromatic heterocycles. The second kappa shape index (κ2) is 8.48. The Labute approximate surface area is 200 Å². The van der Waals surface area contributed by atoms with Crippen molar-refractivity contribution in [3.05, 3.63) is 65.6 Å². The monoisotopic (exact) mass is 479 g/mol. The number of piperidine rings is 1. The fraction of sp³-hybridized carbons (Fsp3) is 0.333. The minimum Gasteiger partial charge on any atom is -0.346 e. The van der Waals surface area contributed by atoms with Crippen molar-refractivity contribution in [2.24, 2.45) is 0 Å². The van der Waals surface area contributed by atoms with Gasteiger partial charge in [0, 0.05) is 61.1 Å². The number of nitrogens with zero attached hydrogens (tertiary/aromatic N) is 6. The number of halogens is 2. The Bertz CT molecular complexity index is 1350. The summed E-state index contributed by atoms with van der Waals surface area (Å²) in [7, 11) is 0. The van der Waals surface area contributed by atoms with Crippen LogP contribution in [0, 0.1) is 5.82 Å². The number of fused-ring (bicyclic) bond motifs is 1. The van der Waals surface area contributed by atoms with Crippen molar-refractivity contribution < 1.29 is 9.18 Å². The summed E-state index contributed by atoms with van der Waals surface area (Å²) in [6.45, 7) is 3.21. The summed E-state index contributed by atoms with van der Waals surface area (Å²) in [4.78, 5) is 28.8. The van der Waals surface area contributed by atoms with Gasteiger partial charge in [-0.15, -0.1) is 0 Å². The van der Waals surface area contributed by atoms with Crippen LogP contribution in [0.25, 0.3) is 22.3 Å². The normalized spacial score (nSPS) is 17.9. The van der Waals surface area contributed by atoms with Crippen LogP contribution in [0.3, 0.4) is 0 Å². The topological polar surface area (TPSA) is 82.9 Å². The molecule has 1 aromatic carbocycles. The lowest BCUT2D eigenvalue weighted by Crippen LogP contribution is -2.56. The van der Waals surface area contributed by atoms with E-state index in [4.69, 9.17) is 11.6 Å². The molecule has 6 rings (SSSR count). The van der Waals surface area contributed by atoms with E-state index in [1.54, 1.807) is 17.3 Å². The molecule has 174 valence electrons. The van der Waals surface area contributed by atoms with Crippen LogP contribution in [0.1, 0.15) is 29.2 Å². The molecule has 10 heteroatoms. The molecule has 34 heavy (non-hydrogen) atoms. The second-order valence-electron chi connectivity index (χ2n) is 8.93. The lowest BCUT2D eigenvalue weighted by Gasteiger charge is -2.47. The summed E-state index contributed by atoms with van der Waals surface area (Å²) >= 11 is 5.74. The molecular formula is C24H23ClFN7O. The van der Waals surface area contributed by atoms with Gasteiger partial charge in [-0.25, -0.2) is 14.4 Å². The molecule has 0 radical (unpaired) electrons. The van der Waals surface area contributed by atoms with Gasteiger partial charge in [-0.05, 0) is 37.1 Å². The van der Waals surface area contributed by atoms with Gasteiger partial charge in [0.1, 0.15) is 17.8 Å². The summed E-state index contributed by atoms with van der Waals surface area (Å²) in [6.07, 6.45) is 9.17. The zero-order chi connectivity index (χ0) is 23.2. The van der Waals surface area contributed by atoms with Gasteiger partial charge in [0.2, 0.25) is 0 Å². The summed E-state index contributed by atoms with van der Waals surface area (Å²) < 4.78 is 15.8. The molecule has 0 atom stereocenters. The predicted molar refractivity (Wildman–Crippen MR) is 126 cm³/mol. The van der Waals surface area contributed by atoms with E-state index < -0.39 is 5.82 Å². The van der Waals surface area contributed by atoms with E-state index in [0.29, 0.717) is 30.7 Å². The number of hydrogen-bond donors (Lipinski definition) is 1. The molecule has 1 amide bonds. The average Bonchev–Trinajstić information content (AvgIpc) is 3.50. The van der Waals surface area contributed by atoms with Crippen molar-refractivity contribution >= 4 is 28.5 Å². The van der Waals surface area contributed by atoms with Gasteiger partial charge in [-0.2, -0.15) is 5.10 Å². The molecule has 2 fully saturated rings. The van der Waals surface area contributed by atoms with E-state index in [-0.39, 0.29) is 10.9 Å².